The predicted octanol–water partition coefficient (Wildman–Crippen LogP) is 2.73. The maximum atomic E-state index is 12.4. The van der Waals surface area contributed by atoms with Crippen molar-refractivity contribution in [3.8, 4) is 0 Å². The van der Waals surface area contributed by atoms with Gasteiger partial charge in [0.25, 0.3) is 0 Å². The summed E-state index contributed by atoms with van der Waals surface area (Å²) in [5, 5.41) is 6.96. The molecule has 6 nitrogen and oxygen atoms in total. The lowest BCUT2D eigenvalue weighted by atomic mass is 10.1. The lowest BCUT2D eigenvalue weighted by Crippen LogP contribution is -2.49. The maximum Gasteiger partial charge on any atom is 0.238 e. The number of piperazine rings is 1. The second-order valence-electron chi connectivity index (χ2n) is 5.74. The van der Waals surface area contributed by atoms with Crippen molar-refractivity contribution in [1.29, 1.82) is 0 Å². The van der Waals surface area contributed by atoms with Crippen LogP contribution in [0.3, 0.4) is 0 Å². The third kappa shape index (κ3) is 4.65. The van der Waals surface area contributed by atoms with Gasteiger partial charge < -0.3 is 15.2 Å². The molecule has 0 spiro atoms. The number of benzene rings is 1. The Hall–Kier alpha value is -1.31. The monoisotopic (exact) mass is 403 g/mol. The van der Waals surface area contributed by atoms with Crippen LogP contribution in [-0.4, -0.2) is 46.5 Å². The van der Waals surface area contributed by atoms with E-state index in [1.807, 2.05) is 17.8 Å². The van der Waals surface area contributed by atoms with E-state index in [1.54, 1.807) is 24.4 Å². The van der Waals surface area contributed by atoms with Gasteiger partial charge in [0.05, 0.1) is 28.3 Å². The number of imidazole rings is 1. The third-order valence-corrected chi connectivity index (χ3v) is 4.90. The van der Waals surface area contributed by atoms with Gasteiger partial charge in [-0.25, -0.2) is 4.98 Å². The summed E-state index contributed by atoms with van der Waals surface area (Å²) >= 11 is 12.1. The van der Waals surface area contributed by atoms with E-state index in [9.17, 15) is 4.79 Å². The molecule has 1 atom stereocenters. The molecule has 1 aromatic carbocycles. The number of carbonyl (C=O) groups excluding carboxylic acids is 1. The lowest BCUT2D eigenvalue weighted by molar-refractivity contribution is -0.118. The molecule has 1 aliphatic heterocycles. The number of aromatic nitrogens is 2. The molecule has 1 unspecified atom stereocenters. The van der Waals surface area contributed by atoms with E-state index in [0.29, 0.717) is 15.7 Å². The zero-order valence-electron chi connectivity index (χ0n) is 13.7. The molecule has 136 valence electrons. The Morgan fingerprint density at radius 3 is 2.96 bits per heavy atom. The molecule has 9 heteroatoms. The van der Waals surface area contributed by atoms with Crippen molar-refractivity contribution >= 4 is 47.2 Å². The van der Waals surface area contributed by atoms with Crippen molar-refractivity contribution in [2.24, 2.45) is 7.05 Å². The van der Waals surface area contributed by atoms with Gasteiger partial charge in [-0.3, -0.25) is 9.69 Å². The fraction of sp³-hybridized carbons (Fsp3) is 0.375. The number of nitrogens with zero attached hydrogens (tertiary/aromatic N) is 3. The minimum Gasteiger partial charge on any atom is -0.337 e. The first kappa shape index (κ1) is 20.0. The smallest absolute Gasteiger partial charge is 0.238 e. The summed E-state index contributed by atoms with van der Waals surface area (Å²) in [6, 6.07) is 5.23. The first-order chi connectivity index (χ1) is 11.6. The maximum absolute atomic E-state index is 12.4. The average Bonchev–Trinajstić information content (AvgIpc) is 2.98. The van der Waals surface area contributed by atoms with Gasteiger partial charge in [0.1, 0.15) is 5.82 Å². The van der Waals surface area contributed by atoms with E-state index >= 15 is 0 Å². The predicted molar refractivity (Wildman–Crippen MR) is 103 cm³/mol. The van der Waals surface area contributed by atoms with E-state index in [1.165, 1.54) is 0 Å². The molecule has 25 heavy (non-hydrogen) atoms. The Labute approximate surface area is 162 Å². The van der Waals surface area contributed by atoms with Gasteiger partial charge in [-0.1, -0.05) is 29.3 Å². The van der Waals surface area contributed by atoms with Crippen molar-refractivity contribution in [3.05, 3.63) is 46.5 Å². The number of halogens is 3. The van der Waals surface area contributed by atoms with Crippen LogP contribution in [0.2, 0.25) is 10.0 Å². The Morgan fingerprint density at radius 1 is 1.44 bits per heavy atom. The first-order valence-corrected chi connectivity index (χ1v) is 8.47. The lowest BCUT2D eigenvalue weighted by Gasteiger charge is -2.35. The van der Waals surface area contributed by atoms with Gasteiger partial charge in [-0.2, -0.15) is 0 Å². The molecule has 1 fully saturated rings. The van der Waals surface area contributed by atoms with Gasteiger partial charge >= 0.3 is 0 Å². The summed E-state index contributed by atoms with van der Waals surface area (Å²) in [4.78, 5) is 19.0. The van der Waals surface area contributed by atoms with E-state index in [0.717, 1.165) is 25.5 Å². The van der Waals surface area contributed by atoms with Crippen LogP contribution in [0.25, 0.3) is 0 Å². The number of nitrogens with one attached hydrogen (secondary N) is 2. The van der Waals surface area contributed by atoms with E-state index < -0.39 is 0 Å². The molecular weight excluding hydrogens is 385 g/mol. The Morgan fingerprint density at radius 2 is 2.24 bits per heavy atom. The van der Waals surface area contributed by atoms with Crippen molar-refractivity contribution < 1.29 is 4.79 Å². The highest BCUT2D eigenvalue weighted by molar-refractivity contribution is 6.43. The van der Waals surface area contributed by atoms with Crippen molar-refractivity contribution in [2.45, 2.75) is 6.04 Å². The van der Waals surface area contributed by atoms with Crippen molar-refractivity contribution in [1.82, 2.24) is 19.8 Å². The van der Waals surface area contributed by atoms with Crippen LogP contribution in [0, 0.1) is 0 Å². The van der Waals surface area contributed by atoms with Crippen molar-refractivity contribution in [3.63, 3.8) is 0 Å². The Kier molecular flexibility index (Phi) is 7.10. The molecule has 0 aliphatic carbocycles. The normalized spacial score (nSPS) is 17.8. The highest BCUT2D eigenvalue weighted by Gasteiger charge is 2.28. The van der Waals surface area contributed by atoms with Crippen molar-refractivity contribution in [2.75, 3.05) is 31.5 Å². The van der Waals surface area contributed by atoms with Gasteiger partial charge in [-0.05, 0) is 12.1 Å². The van der Waals surface area contributed by atoms with Crippen LogP contribution in [0.5, 0.6) is 0 Å². The minimum atomic E-state index is -0.125. The van der Waals surface area contributed by atoms with E-state index in [-0.39, 0.29) is 30.9 Å². The number of amides is 1. The van der Waals surface area contributed by atoms with Gasteiger partial charge in [0.15, 0.2) is 0 Å². The quantitative estimate of drug-likeness (QED) is 0.822. The molecule has 2 aromatic rings. The molecule has 0 bridgehead atoms. The minimum absolute atomic E-state index is 0. The van der Waals surface area contributed by atoms with Crippen LogP contribution in [0.1, 0.15) is 11.9 Å². The molecule has 1 saturated heterocycles. The van der Waals surface area contributed by atoms with Gasteiger partial charge in [0, 0.05) is 39.1 Å². The fourth-order valence-corrected chi connectivity index (χ4v) is 3.21. The van der Waals surface area contributed by atoms with Crippen LogP contribution >= 0.6 is 35.6 Å². The second-order valence-corrected chi connectivity index (χ2v) is 6.52. The molecule has 2 N–H and O–H groups in total. The molecule has 3 rings (SSSR count). The fourth-order valence-electron chi connectivity index (χ4n) is 2.86. The van der Waals surface area contributed by atoms with Gasteiger partial charge in [0.2, 0.25) is 5.91 Å². The molecular formula is C16H20Cl3N5O. The van der Waals surface area contributed by atoms with E-state index in [4.69, 9.17) is 23.2 Å². The topological polar surface area (TPSA) is 62.2 Å². The largest absolute Gasteiger partial charge is 0.337 e. The molecule has 1 amide bonds. The Balaban J connectivity index is 0.00000225. The van der Waals surface area contributed by atoms with E-state index in [2.05, 4.69) is 20.5 Å². The molecule has 0 radical (unpaired) electrons. The number of hydrogen-bond acceptors (Lipinski definition) is 4. The first-order valence-electron chi connectivity index (χ1n) is 7.72. The number of carbonyl (C=O) groups is 1. The van der Waals surface area contributed by atoms with Gasteiger partial charge in [-0.15, -0.1) is 12.4 Å². The summed E-state index contributed by atoms with van der Waals surface area (Å²) in [6.45, 7) is 2.64. The number of aryl methyl sites for hydroxylation is 1. The summed E-state index contributed by atoms with van der Waals surface area (Å²) < 4.78 is 1.98. The van der Waals surface area contributed by atoms with Crippen LogP contribution in [0.15, 0.2) is 30.6 Å². The third-order valence-electron chi connectivity index (χ3n) is 4.08. The Bertz CT molecular complexity index is 736. The molecule has 1 aromatic heterocycles. The summed E-state index contributed by atoms with van der Waals surface area (Å²) in [6.07, 6.45) is 3.68. The van der Waals surface area contributed by atoms with Crippen LogP contribution in [0.4, 0.5) is 5.69 Å². The second kappa shape index (κ2) is 8.87. The summed E-state index contributed by atoms with van der Waals surface area (Å²) in [5.74, 6) is 0.816. The summed E-state index contributed by atoms with van der Waals surface area (Å²) in [5.41, 5.74) is 0.526. The number of rotatable bonds is 4. The highest BCUT2D eigenvalue weighted by Crippen LogP contribution is 2.29. The molecule has 1 aliphatic rings. The SMILES string of the molecule is Cl.Cn1ccnc1C1CNCCN1CC(=O)Nc1cccc(Cl)c1Cl. The highest BCUT2D eigenvalue weighted by atomic mass is 35.5. The number of hydrogen-bond donors (Lipinski definition) is 2. The summed E-state index contributed by atoms with van der Waals surface area (Å²) in [7, 11) is 1.96. The standard InChI is InChI=1S/C16H19Cl2N5O.ClH/c1-22-7-6-20-16(22)13-9-19-5-8-23(13)10-14(24)21-12-4-2-3-11(17)15(12)18;/h2-4,6-7,13,19H,5,8-10H2,1H3,(H,21,24);1H. The van der Waals surface area contributed by atoms with Crippen LogP contribution < -0.4 is 10.6 Å². The zero-order valence-corrected chi connectivity index (χ0v) is 16.0. The number of anilines is 1. The zero-order chi connectivity index (χ0) is 17.1. The average molecular weight is 405 g/mol. The van der Waals surface area contributed by atoms with Crippen LogP contribution in [-0.2, 0) is 11.8 Å². The molecule has 2 heterocycles. The molecule has 0 saturated carbocycles.